The lowest BCUT2D eigenvalue weighted by Crippen LogP contribution is -2.28. The highest BCUT2D eigenvalue weighted by atomic mass is 15.0. The zero-order valence-corrected chi connectivity index (χ0v) is 18.2. The molecule has 0 heterocycles. The van der Waals surface area contributed by atoms with Crippen LogP contribution in [-0.4, -0.2) is 38.6 Å². The molecule has 0 saturated carbocycles. The SMILES string of the molecule is CC(C)C(C)(C)CN.CC(C)C(C)CN.CC(C)CCN(C)C. The number of hydrogen-bond donors (Lipinski definition) is 2. The Morgan fingerprint density at radius 1 is 0.870 bits per heavy atom. The van der Waals surface area contributed by atoms with E-state index in [-0.39, 0.29) is 0 Å². The largest absolute Gasteiger partial charge is 0.330 e. The lowest BCUT2D eigenvalue weighted by atomic mass is 9.81. The topological polar surface area (TPSA) is 55.3 Å². The lowest BCUT2D eigenvalue weighted by molar-refractivity contribution is 0.261. The monoisotopic (exact) mass is 331 g/mol. The summed E-state index contributed by atoms with van der Waals surface area (Å²) in [6.45, 7) is 22.7. The maximum atomic E-state index is 5.51. The average molecular weight is 332 g/mol. The first kappa shape index (κ1) is 27.7. The Balaban J connectivity index is -0.000000262. The van der Waals surface area contributed by atoms with Gasteiger partial charge in [-0.05, 0) is 69.2 Å². The summed E-state index contributed by atoms with van der Waals surface area (Å²) in [6, 6.07) is 0. The predicted molar refractivity (Wildman–Crippen MR) is 109 cm³/mol. The van der Waals surface area contributed by atoms with Crippen LogP contribution < -0.4 is 11.5 Å². The Morgan fingerprint density at radius 3 is 1.35 bits per heavy atom. The van der Waals surface area contributed by atoms with Gasteiger partial charge >= 0.3 is 0 Å². The lowest BCUT2D eigenvalue weighted by Gasteiger charge is -2.26. The van der Waals surface area contributed by atoms with Crippen molar-refractivity contribution < 1.29 is 0 Å². The average Bonchev–Trinajstić information content (AvgIpc) is 2.45. The van der Waals surface area contributed by atoms with E-state index >= 15 is 0 Å². The predicted octanol–water partition coefficient (Wildman–Crippen LogP) is 4.46. The molecule has 0 rings (SSSR count). The van der Waals surface area contributed by atoms with E-state index < -0.39 is 0 Å². The van der Waals surface area contributed by atoms with Gasteiger partial charge in [-0.1, -0.05) is 62.3 Å². The van der Waals surface area contributed by atoms with Crippen molar-refractivity contribution in [1.29, 1.82) is 0 Å². The van der Waals surface area contributed by atoms with Crippen molar-refractivity contribution in [1.82, 2.24) is 4.90 Å². The van der Waals surface area contributed by atoms with Crippen molar-refractivity contribution in [3.63, 3.8) is 0 Å². The van der Waals surface area contributed by atoms with Crippen LogP contribution in [0, 0.1) is 29.1 Å². The van der Waals surface area contributed by atoms with Gasteiger partial charge in [0.2, 0.25) is 0 Å². The van der Waals surface area contributed by atoms with E-state index in [9.17, 15) is 0 Å². The van der Waals surface area contributed by atoms with Crippen molar-refractivity contribution in [2.75, 3.05) is 33.7 Å². The van der Waals surface area contributed by atoms with Crippen LogP contribution in [0.2, 0.25) is 0 Å². The van der Waals surface area contributed by atoms with Gasteiger partial charge in [-0.15, -0.1) is 0 Å². The molecule has 23 heavy (non-hydrogen) atoms. The normalized spacial score (nSPS) is 12.9. The smallest absolute Gasteiger partial charge is 0.00224 e. The summed E-state index contributed by atoms with van der Waals surface area (Å²) in [6.07, 6.45) is 1.31. The molecule has 0 aromatic heterocycles. The second-order valence-electron chi connectivity index (χ2n) is 8.79. The van der Waals surface area contributed by atoms with E-state index in [0.717, 1.165) is 24.9 Å². The van der Waals surface area contributed by atoms with Gasteiger partial charge in [-0.2, -0.15) is 0 Å². The maximum Gasteiger partial charge on any atom is -0.00224 e. The molecule has 1 atom stereocenters. The number of nitrogens with zero attached hydrogens (tertiary/aromatic N) is 1. The summed E-state index contributed by atoms with van der Waals surface area (Å²) in [4.78, 5) is 2.22. The van der Waals surface area contributed by atoms with Crippen LogP contribution in [0.5, 0.6) is 0 Å². The highest BCUT2D eigenvalue weighted by Gasteiger charge is 2.19. The van der Waals surface area contributed by atoms with E-state index in [4.69, 9.17) is 11.5 Å². The fraction of sp³-hybridized carbons (Fsp3) is 1.00. The Morgan fingerprint density at radius 2 is 1.30 bits per heavy atom. The van der Waals surface area contributed by atoms with Crippen LogP contribution in [0.15, 0.2) is 0 Å². The molecule has 0 aliphatic rings. The first-order valence-corrected chi connectivity index (χ1v) is 9.36. The van der Waals surface area contributed by atoms with Gasteiger partial charge in [0.1, 0.15) is 0 Å². The fourth-order valence-electron chi connectivity index (χ4n) is 1.02. The number of hydrogen-bond acceptors (Lipinski definition) is 3. The quantitative estimate of drug-likeness (QED) is 0.724. The molecule has 0 aliphatic carbocycles. The van der Waals surface area contributed by atoms with Crippen LogP contribution in [0.25, 0.3) is 0 Å². The van der Waals surface area contributed by atoms with Gasteiger partial charge in [0.05, 0.1) is 0 Å². The van der Waals surface area contributed by atoms with E-state index in [1.165, 1.54) is 13.0 Å². The van der Waals surface area contributed by atoms with Gasteiger partial charge < -0.3 is 16.4 Å². The molecule has 3 heteroatoms. The molecule has 3 nitrogen and oxygen atoms in total. The standard InChI is InChI=1S/2C7H17N.C6H15N/c1-7(2)5-6-8(3)4;1-6(2)7(3,4)5-8;1-5(2)6(3)4-7/h7H,5-6H2,1-4H3;6H,5,8H2,1-4H3;5-6H,4,7H2,1-3H3. The van der Waals surface area contributed by atoms with Crippen LogP contribution in [0.1, 0.15) is 68.7 Å². The molecule has 0 spiro atoms. The molecule has 0 fully saturated rings. The minimum atomic E-state index is 0.319. The minimum Gasteiger partial charge on any atom is -0.330 e. The summed E-state index contributed by atoms with van der Waals surface area (Å²) in [7, 11) is 4.23. The molecule has 0 amide bonds. The first-order chi connectivity index (χ1) is 10.3. The Kier molecular flexibility index (Phi) is 18.6. The molecular weight excluding hydrogens is 282 g/mol. The van der Waals surface area contributed by atoms with Gasteiger partial charge in [0.15, 0.2) is 0 Å². The van der Waals surface area contributed by atoms with Gasteiger partial charge in [0.25, 0.3) is 0 Å². The fourth-order valence-corrected chi connectivity index (χ4v) is 1.02. The van der Waals surface area contributed by atoms with Gasteiger partial charge in [-0.3, -0.25) is 0 Å². The summed E-state index contributed by atoms with van der Waals surface area (Å²) in [5.74, 6) is 2.95. The molecule has 0 bridgehead atoms. The third kappa shape index (κ3) is 21.9. The van der Waals surface area contributed by atoms with E-state index in [2.05, 4.69) is 81.3 Å². The van der Waals surface area contributed by atoms with Crippen molar-refractivity contribution in [3.05, 3.63) is 0 Å². The van der Waals surface area contributed by atoms with Crippen LogP contribution in [-0.2, 0) is 0 Å². The van der Waals surface area contributed by atoms with E-state index in [1.807, 2.05) is 0 Å². The molecular formula is C20H49N3. The highest BCUT2D eigenvalue weighted by Crippen LogP contribution is 2.23. The summed E-state index contributed by atoms with van der Waals surface area (Å²) in [5.41, 5.74) is 11.2. The second kappa shape index (κ2) is 15.4. The van der Waals surface area contributed by atoms with Crippen molar-refractivity contribution >= 4 is 0 Å². The zero-order valence-electron chi connectivity index (χ0n) is 18.2. The van der Waals surface area contributed by atoms with Crippen LogP contribution >= 0.6 is 0 Å². The first-order valence-electron chi connectivity index (χ1n) is 9.36. The third-order valence-corrected chi connectivity index (χ3v) is 4.75. The molecule has 0 aromatic rings. The Hall–Kier alpha value is -0.120. The second-order valence-corrected chi connectivity index (χ2v) is 8.79. The molecule has 144 valence electrons. The molecule has 0 saturated heterocycles. The molecule has 1 unspecified atom stereocenters. The van der Waals surface area contributed by atoms with Gasteiger partial charge in [0, 0.05) is 0 Å². The van der Waals surface area contributed by atoms with E-state index in [0.29, 0.717) is 17.3 Å². The zero-order chi connectivity index (χ0) is 19.2. The summed E-state index contributed by atoms with van der Waals surface area (Å²) < 4.78 is 0. The Labute approximate surface area is 148 Å². The van der Waals surface area contributed by atoms with Crippen LogP contribution in [0.3, 0.4) is 0 Å². The molecule has 0 aliphatic heterocycles. The molecule has 0 radical (unpaired) electrons. The maximum absolute atomic E-state index is 5.51. The molecule has 0 aromatic carbocycles. The highest BCUT2D eigenvalue weighted by molar-refractivity contribution is 4.72. The minimum absolute atomic E-state index is 0.319. The van der Waals surface area contributed by atoms with Crippen molar-refractivity contribution in [2.24, 2.45) is 40.6 Å². The Bertz CT molecular complexity index is 225. The van der Waals surface area contributed by atoms with E-state index in [1.54, 1.807) is 0 Å². The number of rotatable bonds is 7. The van der Waals surface area contributed by atoms with Crippen LogP contribution in [0.4, 0.5) is 0 Å². The van der Waals surface area contributed by atoms with Crippen molar-refractivity contribution in [2.45, 2.75) is 68.7 Å². The molecule has 4 N–H and O–H groups in total. The van der Waals surface area contributed by atoms with Crippen molar-refractivity contribution in [3.8, 4) is 0 Å². The third-order valence-electron chi connectivity index (χ3n) is 4.75. The summed E-state index contributed by atoms with van der Waals surface area (Å²) >= 11 is 0. The number of nitrogens with two attached hydrogens (primary N) is 2. The summed E-state index contributed by atoms with van der Waals surface area (Å²) in [5, 5.41) is 0. The van der Waals surface area contributed by atoms with Gasteiger partial charge in [-0.25, -0.2) is 0 Å².